The van der Waals surface area contributed by atoms with E-state index in [-0.39, 0.29) is 16.8 Å². The van der Waals surface area contributed by atoms with Crippen molar-refractivity contribution in [3.05, 3.63) is 28.5 Å². The fraction of sp³-hybridized carbons (Fsp3) is 0.455. The molecule has 0 aromatic heterocycles. The monoisotopic (exact) mass is 357 g/mol. The van der Waals surface area contributed by atoms with Crippen molar-refractivity contribution in [2.45, 2.75) is 30.0 Å². The Morgan fingerprint density at radius 3 is 2.72 bits per heavy atom. The van der Waals surface area contributed by atoms with Crippen LogP contribution < -0.4 is 4.72 Å². The van der Waals surface area contributed by atoms with Crippen LogP contribution in [0.3, 0.4) is 0 Å². The molecule has 1 unspecified atom stereocenters. The van der Waals surface area contributed by atoms with E-state index < -0.39 is 15.8 Å². The SMILES string of the molecule is CC(Cl)CCCNS(=O)(=O)c1ccc(Br)cc1F. The highest BCUT2D eigenvalue weighted by Crippen LogP contribution is 2.19. The molecule has 18 heavy (non-hydrogen) atoms. The topological polar surface area (TPSA) is 46.2 Å². The standard InChI is InChI=1S/C11H14BrClFNO2S/c1-8(13)3-2-6-15-18(16,17)11-5-4-9(12)7-10(11)14/h4-5,7-8,15H,2-3,6H2,1H3. The molecule has 0 spiro atoms. The van der Waals surface area contributed by atoms with Gasteiger partial charge in [-0.15, -0.1) is 11.6 Å². The Morgan fingerprint density at radius 1 is 1.50 bits per heavy atom. The molecule has 0 fully saturated rings. The van der Waals surface area contributed by atoms with E-state index in [9.17, 15) is 12.8 Å². The molecule has 1 aromatic rings. The van der Waals surface area contributed by atoms with Gasteiger partial charge in [0.1, 0.15) is 10.7 Å². The molecule has 0 bridgehead atoms. The average molecular weight is 359 g/mol. The predicted molar refractivity (Wildman–Crippen MR) is 73.8 cm³/mol. The van der Waals surface area contributed by atoms with Crippen molar-refractivity contribution >= 4 is 37.6 Å². The van der Waals surface area contributed by atoms with Crippen molar-refractivity contribution in [2.75, 3.05) is 6.54 Å². The normalized spacial score (nSPS) is 13.6. The second-order valence-corrected chi connectivity index (χ2v) is 7.29. The molecule has 0 heterocycles. The Balaban J connectivity index is 2.69. The maximum Gasteiger partial charge on any atom is 0.243 e. The summed E-state index contributed by atoms with van der Waals surface area (Å²) in [6, 6.07) is 3.83. The zero-order chi connectivity index (χ0) is 13.8. The highest BCUT2D eigenvalue weighted by Gasteiger charge is 2.18. The lowest BCUT2D eigenvalue weighted by Gasteiger charge is -2.08. The summed E-state index contributed by atoms with van der Waals surface area (Å²) in [6.07, 6.45) is 1.31. The van der Waals surface area contributed by atoms with E-state index in [2.05, 4.69) is 20.7 Å². The number of halogens is 3. The molecule has 0 radical (unpaired) electrons. The molecule has 0 aliphatic carbocycles. The predicted octanol–water partition coefficient (Wildman–Crippen LogP) is 3.27. The summed E-state index contributed by atoms with van der Waals surface area (Å²) in [5.41, 5.74) is 0. The van der Waals surface area contributed by atoms with Crippen molar-refractivity contribution in [2.24, 2.45) is 0 Å². The van der Waals surface area contributed by atoms with Gasteiger partial charge in [-0.05, 0) is 38.0 Å². The zero-order valence-electron chi connectivity index (χ0n) is 9.79. The lowest BCUT2D eigenvalue weighted by Crippen LogP contribution is -2.26. The van der Waals surface area contributed by atoms with E-state index in [1.54, 1.807) is 0 Å². The highest BCUT2D eigenvalue weighted by molar-refractivity contribution is 9.10. The molecule has 1 aromatic carbocycles. The molecule has 0 saturated heterocycles. The Bertz CT molecular complexity index is 508. The highest BCUT2D eigenvalue weighted by atomic mass is 79.9. The quantitative estimate of drug-likeness (QED) is 0.626. The second-order valence-electron chi connectivity index (χ2n) is 3.90. The Kier molecular flexibility index (Phi) is 6.04. The van der Waals surface area contributed by atoms with Gasteiger partial charge in [0, 0.05) is 16.4 Å². The van der Waals surface area contributed by atoms with E-state index in [1.807, 2.05) is 6.92 Å². The van der Waals surface area contributed by atoms with Gasteiger partial charge in [-0.2, -0.15) is 0 Å². The molecule has 3 nitrogen and oxygen atoms in total. The summed E-state index contributed by atoms with van der Waals surface area (Å²) in [6.45, 7) is 2.08. The summed E-state index contributed by atoms with van der Waals surface area (Å²) < 4.78 is 40.0. The van der Waals surface area contributed by atoms with E-state index in [4.69, 9.17) is 11.6 Å². The maximum atomic E-state index is 13.5. The van der Waals surface area contributed by atoms with Gasteiger partial charge in [-0.3, -0.25) is 0 Å². The van der Waals surface area contributed by atoms with Gasteiger partial charge in [-0.25, -0.2) is 17.5 Å². The van der Waals surface area contributed by atoms with Crippen LogP contribution in [0, 0.1) is 5.82 Å². The molecule has 1 N–H and O–H groups in total. The molecular formula is C11H14BrClFNO2S. The van der Waals surface area contributed by atoms with Crippen LogP contribution >= 0.6 is 27.5 Å². The van der Waals surface area contributed by atoms with Crippen LogP contribution in [0.25, 0.3) is 0 Å². The van der Waals surface area contributed by atoms with E-state index in [0.717, 1.165) is 6.07 Å². The van der Waals surface area contributed by atoms with Crippen LogP contribution in [0.2, 0.25) is 0 Å². The van der Waals surface area contributed by atoms with Crippen LogP contribution in [0.5, 0.6) is 0 Å². The van der Waals surface area contributed by atoms with E-state index >= 15 is 0 Å². The summed E-state index contributed by atoms with van der Waals surface area (Å²) in [7, 11) is -3.79. The van der Waals surface area contributed by atoms with Crippen molar-refractivity contribution < 1.29 is 12.8 Å². The van der Waals surface area contributed by atoms with Crippen LogP contribution in [0.1, 0.15) is 19.8 Å². The minimum Gasteiger partial charge on any atom is -0.211 e. The zero-order valence-corrected chi connectivity index (χ0v) is 12.9. The lowest BCUT2D eigenvalue weighted by atomic mass is 10.2. The lowest BCUT2D eigenvalue weighted by molar-refractivity contribution is 0.553. The number of hydrogen-bond donors (Lipinski definition) is 1. The van der Waals surface area contributed by atoms with Gasteiger partial charge in [0.15, 0.2) is 0 Å². The molecule has 1 atom stereocenters. The summed E-state index contributed by atoms with van der Waals surface area (Å²) in [4.78, 5) is -0.343. The number of nitrogens with one attached hydrogen (secondary N) is 1. The number of sulfonamides is 1. The first-order valence-electron chi connectivity index (χ1n) is 5.41. The van der Waals surface area contributed by atoms with Gasteiger partial charge < -0.3 is 0 Å². The van der Waals surface area contributed by atoms with Crippen LogP contribution in [0.4, 0.5) is 4.39 Å². The average Bonchev–Trinajstić information content (AvgIpc) is 2.23. The smallest absolute Gasteiger partial charge is 0.211 e. The van der Waals surface area contributed by atoms with Crippen LogP contribution in [-0.2, 0) is 10.0 Å². The van der Waals surface area contributed by atoms with Gasteiger partial charge >= 0.3 is 0 Å². The molecule has 102 valence electrons. The van der Waals surface area contributed by atoms with Gasteiger partial charge in [0.05, 0.1) is 0 Å². The van der Waals surface area contributed by atoms with Crippen molar-refractivity contribution in [1.29, 1.82) is 0 Å². The molecule has 1 rings (SSSR count). The van der Waals surface area contributed by atoms with E-state index in [1.165, 1.54) is 12.1 Å². The van der Waals surface area contributed by atoms with Crippen molar-refractivity contribution in [3.63, 3.8) is 0 Å². The molecular weight excluding hydrogens is 345 g/mol. The third-order valence-corrected chi connectivity index (χ3v) is 4.46. The first-order valence-corrected chi connectivity index (χ1v) is 8.13. The van der Waals surface area contributed by atoms with Gasteiger partial charge in [0.2, 0.25) is 10.0 Å². The third kappa shape index (κ3) is 4.84. The minimum atomic E-state index is -3.79. The fourth-order valence-corrected chi connectivity index (χ4v) is 2.98. The molecule has 0 aliphatic rings. The fourth-order valence-electron chi connectivity index (χ4n) is 1.36. The second kappa shape index (κ2) is 6.84. The van der Waals surface area contributed by atoms with Gasteiger partial charge in [0.25, 0.3) is 0 Å². The number of hydrogen-bond acceptors (Lipinski definition) is 2. The Hall–Kier alpha value is -0.170. The largest absolute Gasteiger partial charge is 0.243 e. The van der Waals surface area contributed by atoms with Crippen LogP contribution in [-0.4, -0.2) is 20.3 Å². The maximum absolute atomic E-state index is 13.5. The van der Waals surface area contributed by atoms with E-state index in [0.29, 0.717) is 17.3 Å². The summed E-state index contributed by atoms with van der Waals surface area (Å²) >= 11 is 8.82. The first-order chi connectivity index (χ1) is 8.33. The molecule has 0 aliphatic heterocycles. The first kappa shape index (κ1) is 15.9. The Morgan fingerprint density at radius 2 is 2.17 bits per heavy atom. The van der Waals surface area contributed by atoms with Gasteiger partial charge in [-0.1, -0.05) is 15.9 Å². The third-order valence-electron chi connectivity index (χ3n) is 2.25. The number of alkyl halides is 1. The summed E-state index contributed by atoms with van der Waals surface area (Å²) in [5.74, 6) is -0.775. The molecule has 7 heteroatoms. The molecule has 0 amide bonds. The minimum absolute atomic E-state index is 0.000999. The number of rotatable bonds is 6. The van der Waals surface area contributed by atoms with Crippen molar-refractivity contribution in [3.8, 4) is 0 Å². The number of benzene rings is 1. The summed E-state index contributed by atoms with van der Waals surface area (Å²) in [5, 5.41) is -0.000999. The molecule has 0 saturated carbocycles. The van der Waals surface area contributed by atoms with Crippen molar-refractivity contribution in [1.82, 2.24) is 4.72 Å². The van der Waals surface area contributed by atoms with Crippen LogP contribution in [0.15, 0.2) is 27.6 Å². The Labute approximate surface area is 120 Å².